The lowest BCUT2D eigenvalue weighted by molar-refractivity contribution is -0.131. The molecule has 0 aliphatic carbocycles. The van der Waals surface area contributed by atoms with Gasteiger partial charge >= 0.3 is 0 Å². The summed E-state index contributed by atoms with van der Waals surface area (Å²) in [7, 11) is 0. The van der Waals surface area contributed by atoms with Gasteiger partial charge in [-0.05, 0) is 30.7 Å². The molecule has 1 amide bonds. The molecule has 1 atom stereocenters. The third-order valence-corrected chi connectivity index (χ3v) is 4.92. The minimum Gasteiger partial charge on any atom is -0.356 e. The van der Waals surface area contributed by atoms with Crippen molar-refractivity contribution in [3.05, 3.63) is 41.3 Å². The summed E-state index contributed by atoms with van der Waals surface area (Å²) in [5.41, 5.74) is 2.57. The Hall–Kier alpha value is -1.69. The van der Waals surface area contributed by atoms with E-state index in [9.17, 15) is 9.18 Å². The molecule has 0 saturated heterocycles. The molecule has 0 radical (unpaired) electrons. The van der Waals surface area contributed by atoms with Gasteiger partial charge in [0.2, 0.25) is 5.91 Å². The van der Waals surface area contributed by atoms with E-state index in [0.717, 1.165) is 23.2 Å². The summed E-state index contributed by atoms with van der Waals surface area (Å²) < 4.78 is 18.5. The largest absolute Gasteiger partial charge is 0.356 e. The number of aromatic nitrogens is 1. The van der Waals surface area contributed by atoms with Crippen molar-refractivity contribution in [2.24, 2.45) is 0 Å². The van der Waals surface area contributed by atoms with E-state index in [-0.39, 0.29) is 16.6 Å². The van der Waals surface area contributed by atoms with Crippen molar-refractivity contribution in [1.29, 1.82) is 0 Å². The van der Waals surface area contributed by atoms with Crippen molar-refractivity contribution in [3.8, 4) is 11.3 Å². The van der Waals surface area contributed by atoms with Crippen LogP contribution in [0.25, 0.3) is 11.3 Å². The third kappa shape index (κ3) is 2.79. The Bertz CT molecular complexity index is 684. The number of amides is 1. The van der Waals surface area contributed by atoms with E-state index in [0.29, 0.717) is 25.3 Å². The Labute approximate surface area is 136 Å². The molecule has 0 spiro atoms. The number of rotatable bonds is 3. The van der Waals surface area contributed by atoms with Gasteiger partial charge in [0.25, 0.3) is 0 Å². The molecule has 4 nitrogen and oxygen atoms in total. The number of halogens is 2. The van der Waals surface area contributed by atoms with Crippen LogP contribution in [0.2, 0.25) is 0 Å². The van der Waals surface area contributed by atoms with Crippen molar-refractivity contribution in [3.63, 3.8) is 0 Å². The SMILES string of the molecule is CCC(Br)C(=O)N1CCc2noc(-c3ccc(F)cc3)c2C1. The van der Waals surface area contributed by atoms with Crippen molar-refractivity contribution in [1.82, 2.24) is 10.1 Å². The molecule has 0 saturated carbocycles. The first-order chi connectivity index (χ1) is 10.6. The number of benzene rings is 1. The van der Waals surface area contributed by atoms with E-state index < -0.39 is 0 Å². The molecule has 1 aliphatic heterocycles. The van der Waals surface area contributed by atoms with Gasteiger partial charge in [0.15, 0.2) is 5.76 Å². The average molecular weight is 367 g/mol. The predicted molar refractivity (Wildman–Crippen MR) is 84.0 cm³/mol. The fourth-order valence-electron chi connectivity index (χ4n) is 2.60. The molecule has 0 N–H and O–H groups in total. The number of carbonyl (C=O) groups is 1. The van der Waals surface area contributed by atoms with E-state index in [4.69, 9.17) is 4.52 Å². The summed E-state index contributed by atoms with van der Waals surface area (Å²) in [6, 6.07) is 6.11. The minimum atomic E-state index is -0.293. The van der Waals surface area contributed by atoms with Gasteiger partial charge in [-0.3, -0.25) is 4.79 Å². The Morgan fingerprint density at radius 1 is 1.45 bits per heavy atom. The highest BCUT2D eigenvalue weighted by molar-refractivity contribution is 9.10. The highest BCUT2D eigenvalue weighted by Gasteiger charge is 2.29. The summed E-state index contributed by atoms with van der Waals surface area (Å²) in [6.07, 6.45) is 1.42. The number of hydrogen-bond acceptors (Lipinski definition) is 3. The van der Waals surface area contributed by atoms with Crippen LogP contribution >= 0.6 is 15.9 Å². The molecular weight excluding hydrogens is 351 g/mol. The van der Waals surface area contributed by atoms with Crippen LogP contribution in [0.3, 0.4) is 0 Å². The quantitative estimate of drug-likeness (QED) is 0.780. The zero-order valence-corrected chi connectivity index (χ0v) is 13.8. The number of alkyl halides is 1. The molecule has 6 heteroatoms. The van der Waals surface area contributed by atoms with Gasteiger partial charge in [-0.1, -0.05) is 28.0 Å². The molecule has 3 rings (SSSR count). The van der Waals surface area contributed by atoms with Gasteiger partial charge in [0, 0.05) is 24.1 Å². The predicted octanol–water partition coefficient (Wildman–Crippen LogP) is 3.54. The summed E-state index contributed by atoms with van der Waals surface area (Å²) >= 11 is 3.41. The van der Waals surface area contributed by atoms with Gasteiger partial charge in [-0.15, -0.1) is 0 Å². The topological polar surface area (TPSA) is 46.3 Å². The summed E-state index contributed by atoms with van der Waals surface area (Å²) in [4.78, 5) is 14.0. The fraction of sp³-hybridized carbons (Fsp3) is 0.375. The van der Waals surface area contributed by atoms with E-state index in [1.807, 2.05) is 11.8 Å². The van der Waals surface area contributed by atoms with Gasteiger partial charge in [0.05, 0.1) is 17.1 Å². The van der Waals surface area contributed by atoms with Gasteiger partial charge in [-0.2, -0.15) is 0 Å². The molecule has 1 aromatic heterocycles. The smallest absolute Gasteiger partial charge is 0.236 e. The maximum Gasteiger partial charge on any atom is 0.236 e. The molecule has 1 aliphatic rings. The number of carbonyl (C=O) groups excluding carboxylic acids is 1. The van der Waals surface area contributed by atoms with E-state index >= 15 is 0 Å². The van der Waals surface area contributed by atoms with Crippen LogP contribution in [-0.2, 0) is 17.8 Å². The lowest BCUT2D eigenvalue weighted by Gasteiger charge is -2.28. The molecular formula is C16H16BrFN2O2. The van der Waals surface area contributed by atoms with Crippen LogP contribution in [0.5, 0.6) is 0 Å². The summed E-state index contributed by atoms with van der Waals surface area (Å²) in [6.45, 7) is 3.09. The molecule has 1 unspecified atom stereocenters. The Morgan fingerprint density at radius 3 is 2.86 bits per heavy atom. The third-order valence-electron chi connectivity index (χ3n) is 3.88. The fourth-order valence-corrected chi connectivity index (χ4v) is 2.89. The number of nitrogens with zero attached hydrogens (tertiary/aromatic N) is 2. The molecule has 0 bridgehead atoms. The van der Waals surface area contributed by atoms with Gasteiger partial charge in [0.1, 0.15) is 5.82 Å². The maximum atomic E-state index is 13.1. The van der Waals surface area contributed by atoms with Gasteiger partial charge < -0.3 is 9.42 Å². The van der Waals surface area contributed by atoms with E-state index in [1.165, 1.54) is 12.1 Å². The molecule has 2 aromatic rings. The van der Waals surface area contributed by atoms with E-state index in [2.05, 4.69) is 21.1 Å². The minimum absolute atomic E-state index is 0.0828. The van der Waals surface area contributed by atoms with Crippen LogP contribution in [0, 0.1) is 5.82 Å². The zero-order valence-electron chi connectivity index (χ0n) is 12.2. The van der Waals surface area contributed by atoms with Crippen molar-refractivity contribution >= 4 is 21.8 Å². The highest BCUT2D eigenvalue weighted by atomic mass is 79.9. The zero-order chi connectivity index (χ0) is 15.7. The number of hydrogen-bond donors (Lipinski definition) is 0. The molecule has 116 valence electrons. The molecule has 2 heterocycles. The molecule has 22 heavy (non-hydrogen) atoms. The van der Waals surface area contributed by atoms with Gasteiger partial charge in [-0.25, -0.2) is 4.39 Å². The van der Waals surface area contributed by atoms with Crippen LogP contribution in [0.15, 0.2) is 28.8 Å². The van der Waals surface area contributed by atoms with Crippen LogP contribution in [0.1, 0.15) is 24.6 Å². The maximum absolute atomic E-state index is 13.1. The second kappa shape index (κ2) is 6.20. The molecule has 0 fully saturated rings. The Balaban J connectivity index is 1.88. The second-order valence-corrected chi connectivity index (χ2v) is 6.43. The summed E-state index contributed by atoms with van der Waals surface area (Å²) in [5, 5.41) is 4.10. The van der Waals surface area contributed by atoms with Crippen LogP contribution in [-0.4, -0.2) is 27.3 Å². The first-order valence-electron chi connectivity index (χ1n) is 7.26. The lowest BCUT2D eigenvalue weighted by atomic mass is 10.0. The van der Waals surface area contributed by atoms with Crippen molar-refractivity contribution < 1.29 is 13.7 Å². The second-order valence-electron chi connectivity index (χ2n) is 5.33. The molecule has 1 aromatic carbocycles. The highest BCUT2D eigenvalue weighted by Crippen LogP contribution is 2.31. The average Bonchev–Trinajstić information content (AvgIpc) is 2.97. The Kier molecular flexibility index (Phi) is 4.29. The first-order valence-corrected chi connectivity index (χ1v) is 8.18. The van der Waals surface area contributed by atoms with Crippen LogP contribution in [0.4, 0.5) is 4.39 Å². The summed E-state index contributed by atoms with van der Waals surface area (Å²) in [5.74, 6) is 0.411. The first kappa shape index (κ1) is 15.2. The Morgan fingerprint density at radius 2 is 2.18 bits per heavy atom. The van der Waals surface area contributed by atoms with Crippen LogP contribution < -0.4 is 0 Å². The monoisotopic (exact) mass is 366 g/mol. The normalized spacial score (nSPS) is 15.5. The van der Waals surface area contributed by atoms with E-state index in [1.54, 1.807) is 12.1 Å². The van der Waals surface area contributed by atoms with Crippen molar-refractivity contribution in [2.75, 3.05) is 6.54 Å². The standard InChI is InChI=1S/C16H16BrFN2O2/c1-2-13(17)16(21)20-8-7-14-12(9-20)15(22-19-14)10-3-5-11(18)6-4-10/h3-6,13H,2,7-9H2,1H3. The lowest BCUT2D eigenvalue weighted by Crippen LogP contribution is -2.40. The van der Waals surface area contributed by atoms with Crippen molar-refractivity contribution in [2.45, 2.75) is 31.1 Å². The number of fused-ring (bicyclic) bond motifs is 1.